The molecule has 2 rings (SSSR count). The SMILES string of the molecule is C1CCCCCC2(CCCCC1)CCOOCCCOO2. The Morgan fingerprint density at radius 1 is 0.429 bits per heavy atom. The van der Waals surface area contributed by atoms with Gasteiger partial charge >= 0.3 is 0 Å². The minimum atomic E-state index is -0.167. The van der Waals surface area contributed by atoms with Crippen molar-refractivity contribution in [1.82, 2.24) is 0 Å². The lowest BCUT2D eigenvalue weighted by Gasteiger charge is -2.33. The van der Waals surface area contributed by atoms with E-state index in [1.54, 1.807) is 0 Å². The van der Waals surface area contributed by atoms with Crippen molar-refractivity contribution in [2.24, 2.45) is 0 Å². The Balaban J connectivity index is 1.89. The summed E-state index contributed by atoms with van der Waals surface area (Å²) in [5, 5.41) is 0. The van der Waals surface area contributed by atoms with Crippen LogP contribution in [0.15, 0.2) is 0 Å². The molecular formula is C17H32O4. The van der Waals surface area contributed by atoms with Gasteiger partial charge in [0.05, 0.1) is 19.8 Å². The van der Waals surface area contributed by atoms with E-state index >= 15 is 0 Å². The van der Waals surface area contributed by atoms with Crippen molar-refractivity contribution in [3.8, 4) is 0 Å². The first-order chi connectivity index (χ1) is 10.4. The van der Waals surface area contributed by atoms with Crippen LogP contribution < -0.4 is 0 Å². The van der Waals surface area contributed by atoms with Crippen molar-refractivity contribution < 1.29 is 19.6 Å². The molecule has 0 aromatic heterocycles. The van der Waals surface area contributed by atoms with Gasteiger partial charge in [0.1, 0.15) is 5.60 Å². The summed E-state index contributed by atoms with van der Waals surface area (Å²) in [5.74, 6) is 0. The second-order valence-corrected chi connectivity index (χ2v) is 6.52. The summed E-state index contributed by atoms with van der Waals surface area (Å²) in [4.78, 5) is 21.8. The van der Waals surface area contributed by atoms with Crippen LogP contribution in [0, 0.1) is 0 Å². The van der Waals surface area contributed by atoms with Crippen molar-refractivity contribution in [2.45, 2.75) is 89.1 Å². The molecule has 4 nitrogen and oxygen atoms in total. The first-order valence-electron chi connectivity index (χ1n) is 8.96. The Morgan fingerprint density at radius 2 is 0.952 bits per heavy atom. The fraction of sp³-hybridized carbons (Fsp3) is 1.00. The molecule has 0 N–H and O–H groups in total. The summed E-state index contributed by atoms with van der Waals surface area (Å²) < 4.78 is 0. The van der Waals surface area contributed by atoms with Gasteiger partial charge in [0.15, 0.2) is 0 Å². The summed E-state index contributed by atoms with van der Waals surface area (Å²) in [6.07, 6.45) is 15.8. The molecule has 2 aliphatic rings. The molecule has 0 aromatic rings. The minimum absolute atomic E-state index is 0.167. The molecule has 0 atom stereocenters. The van der Waals surface area contributed by atoms with E-state index in [4.69, 9.17) is 19.6 Å². The normalized spacial score (nSPS) is 27.4. The van der Waals surface area contributed by atoms with Crippen molar-refractivity contribution in [3.63, 3.8) is 0 Å². The monoisotopic (exact) mass is 300 g/mol. The first-order valence-corrected chi connectivity index (χ1v) is 8.96. The van der Waals surface area contributed by atoms with Crippen molar-refractivity contribution >= 4 is 0 Å². The predicted molar refractivity (Wildman–Crippen MR) is 81.7 cm³/mol. The van der Waals surface area contributed by atoms with Gasteiger partial charge in [-0.3, -0.25) is 0 Å². The lowest BCUT2D eigenvalue weighted by molar-refractivity contribution is -0.387. The highest BCUT2D eigenvalue weighted by Gasteiger charge is 2.32. The molecule has 1 saturated heterocycles. The molecule has 4 heteroatoms. The van der Waals surface area contributed by atoms with Crippen LogP contribution in [0.4, 0.5) is 0 Å². The van der Waals surface area contributed by atoms with Crippen LogP contribution in [0.5, 0.6) is 0 Å². The third-order valence-corrected chi connectivity index (χ3v) is 4.68. The van der Waals surface area contributed by atoms with Crippen LogP contribution >= 0.6 is 0 Å². The second-order valence-electron chi connectivity index (χ2n) is 6.52. The Hall–Kier alpha value is -0.160. The topological polar surface area (TPSA) is 36.9 Å². The Bertz CT molecular complexity index is 233. The molecule has 1 aliphatic heterocycles. The molecular weight excluding hydrogens is 268 g/mol. The maximum Gasteiger partial charge on any atom is 0.106 e. The molecule has 1 spiro atoms. The molecule has 21 heavy (non-hydrogen) atoms. The molecule has 1 saturated carbocycles. The van der Waals surface area contributed by atoms with E-state index in [2.05, 4.69) is 0 Å². The largest absolute Gasteiger partial charge is 0.237 e. The van der Waals surface area contributed by atoms with Gasteiger partial charge in [-0.2, -0.15) is 0 Å². The molecule has 0 aromatic carbocycles. The van der Waals surface area contributed by atoms with Crippen LogP contribution in [0.2, 0.25) is 0 Å². The van der Waals surface area contributed by atoms with E-state index in [9.17, 15) is 0 Å². The highest BCUT2D eigenvalue weighted by molar-refractivity contribution is 4.80. The van der Waals surface area contributed by atoms with Gasteiger partial charge in [0, 0.05) is 12.8 Å². The van der Waals surface area contributed by atoms with E-state index in [1.807, 2.05) is 0 Å². The Labute approximate surface area is 129 Å². The van der Waals surface area contributed by atoms with Crippen LogP contribution in [-0.4, -0.2) is 25.4 Å². The van der Waals surface area contributed by atoms with E-state index in [1.165, 1.54) is 57.8 Å². The molecule has 0 radical (unpaired) electrons. The molecule has 124 valence electrons. The average molecular weight is 300 g/mol. The molecule has 0 amide bonds. The smallest absolute Gasteiger partial charge is 0.106 e. The third-order valence-electron chi connectivity index (χ3n) is 4.68. The van der Waals surface area contributed by atoms with E-state index in [0.717, 1.165) is 25.7 Å². The number of hydrogen-bond donors (Lipinski definition) is 0. The van der Waals surface area contributed by atoms with Crippen LogP contribution in [0.3, 0.4) is 0 Å². The van der Waals surface area contributed by atoms with Gasteiger partial charge in [-0.05, 0) is 12.8 Å². The summed E-state index contributed by atoms with van der Waals surface area (Å²) in [5.41, 5.74) is -0.167. The zero-order valence-corrected chi connectivity index (χ0v) is 13.4. The van der Waals surface area contributed by atoms with E-state index in [0.29, 0.717) is 19.8 Å². The average Bonchev–Trinajstić information content (AvgIpc) is 2.49. The van der Waals surface area contributed by atoms with Gasteiger partial charge < -0.3 is 0 Å². The fourth-order valence-corrected chi connectivity index (χ4v) is 3.32. The van der Waals surface area contributed by atoms with Crippen molar-refractivity contribution in [1.29, 1.82) is 0 Å². The Kier molecular flexibility index (Phi) is 8.64. The first kappa shape index (κ1) is 17.2. The highest BCUT2D eigenvalue weighted by Crippen LogP contribution is 2.32. The van der Waals surface area contributed by atoms with Gasteiger partial charge in [-0.15, -0.1) is 0 Å². The summed E-state index contributed by atoms with van der Waals surface area (Å²) in [6, 6.07) is 0. The molecule has 2 fully saturated rings. The van der Waals surface area contributed by atoms with Crippen molar-refractivity contribution in [2.75, 3.05) is 19.8 Å². The lowest BCUT2D eigenvalue weighted by Crippen LogP contribution is -2.35. The van der Waals surface area contributed by atoms with E-state index in [-0.39, 0.29) is 5.60 Å². The highest BCUT2D eigenvalue weighted by atomic mass is 17.2. The number of hydrogen-bond acceptors (Lipinski definition) is 4. The standard InChI is InChI=1S/C17H32O4/c1-2-4-6-8-11-17(12-9-7-5-3-1)13-16-19-18-14-10-15-20-21-17/h1-16H2. The maximum atomic E-state index is 5.92. The third kappa shape index (κ3) is 7.09. The minimum Gasteiger partial charge on any atom is -0.237 e. The van der Waals surface area contributed by atoms with Gasteiger partial charge in [0.2, 0.25) is 0 Å². The van der Waals surface area contributed by atoms with Crippen LogP contribution in [-0.2, 0) is 19.6 Å². The van der Waals surface area contributed by atoms with Crippen LogP contribution in [0.25, 0.3) is 0 Å². The zero-order chi connectivity index (χ0) is 14.6. The Morgan fingerprint density at radius 3 is 1.62 bits per heavy atom. The van der Waals surface area contributed by atoms with Gasteiger partial charge in [-0.1, -0.05) is 57.8 Å². The lowest BCUT2D eigenvalue weighted by atomic mass is 9.86. The van der Waals surface area contributed by atoms with Crippen molar-refractivity contribution in [3.05, 3.63) is 0 Å². The molecule has 1 heterocycles. The van der Waals surface area contributed by atoms with Gasteiger partial charge in [0.25, 0.3) is 0 Å². The molecule has 0 unspecified atom stereocenters. The van der Waals surface area contributed by atoms with Crippen LogP contribution in [0.1, 0.15) is 83.5 Å². The predicted octanol–water partition coefficient (Wildman–Crippen LogP) is 4.72. The summed E-state index contributed by atoms with van der Waals surface area (Å²) in [7, 11) is 0. The molecule has 0 bridgehead atoms. The maximum absolute atomic E-state index is 5.92. The zero-order valence-electron chi connectivity index (χ0n) is 13.4. The number of rotatable bonds is 0. The fourth-order valence-electron chi connectivity index (χ4n) is 3.32. The second kappa shape index (κ2) is 10.5. The summed E-state index contributed by atoms with van der Waals surface area (Å²) in [6.45, 7) is 1.77. The van der Waals surface area contributed by atoms with E-state index < -0.39 is 0 Å². The quantitative estimate of drug-likeness (QED) is 0.607. The summed E-state index contributed by atoms with van der Waals surface area (Å²) >= 11 is 0. The van der Waals surface area contributed by atoms with Gasteiger partial charge in [-0.25, -0.2) is 19.6 Å². The molecule has 1 aliphatic carbocycles.